The molecule has 0 saturated carbocycles. The van der Waals surface area contributed by atoms with Gasteiger partial charge in [0.1, 0.15) is 0 Å². The molecule has 0 aliphatic rings. The maximum Gasteiger partial charge on any atom is 0.0346 e. The molecule has 1 nitrogen and oxygen atoms in total. The summed E-state index contributed by atoms with van der Waals surface area (Å²) in [5.41, 5.74) is 2.39. The SMILES string of the molecule is Brc1ccc2ccc3c(-c4cccnc4)ccc4ccc1c2c43. The second-order valence-electron chi connectivity index (χ2n) is 5.82. The van der Waals surface area contributed by atoms with Gasteiger partial charge in [-0.15, -0.1) is 0 Å². The minimum absolute atomic E-state index is 1.14. The molecule has 1 heterocycles. The molecule has 108 valence electrons. The van der Waals surface area contributed by atoms with Crippen LogP contribution in [-0.4, -0.2) is 4.98 Å². The second kappa shape index (κ2) is 4.77. The Hall–Kier alpha value is -2.45. The lowest BCUT2D eigenvalue weighted by molar-refractivity contribution is 1.33. The van der Waals surface area contributed by atoms with E-state index in [1.807, 2.05) is 18.5 Å². The van der Waals surface area contributed by atoms with E-state index < -0.39 is 0 Å². The van der Waals surface area contributed by atoms with Gasteiger partial charge in [0, 0.05) is 22.4 Å². The number of halogens is 1. The van der Waals surface area contributed by atoms with Crippen LogP contribution in [0.25, 0.3) is 43.4 Å². The molecule has 0 aliphatic carbocycles. The highest BCUT2D eigenvalue weighted by Gasteiger charge is 2.13. The molecule has 5 aromatic rings. The number of pyridine rings is 1. The van der Waals surface area contributed by atoms with E-state index in [1.165, 1.54) is 37.9 Å². The predicted octanol–water partition coefficient (Wildman–Crippen LogP) is 6.41. The van der Waals surface area contributed by atoms with Gasteiger partial charge in [0.2, 0.25) is 0 Å². The van der Waals surface area contributed by atoms with Gasteiger partial charge in [-0.3, -0.25) is 4.98 Å². The first kappa shape index (κ1) is 13.0. The van der Waals surface area contributed by atoms with Crippen LogP contribution >= 0.6 is 15.9 Å². The van der Waals surface area contributed by atoms with E-state index >= 15 is 0 Å². The highest BCUT2D eigenvalue weighted by Crippen LogP contribution is 2.40. The van der Waals surface area contributed by atoms with Crippen LogP contribution in [0.4, 0.5) is 0 Å². The van der Waals surface area contributed by atoms with E-state index in [0.717, 1.165) is 10.0 Å². The van der Waals surface area contributed by atoms with Gasteiger partial charge in [-0.05, 0) is 50.0 Å². The fourth-order valence-corrected chi connectivity index (χ4v) is 4.00. The summed E-state index contributed by atoms with van der Waals surface area (Å²) in [5, 5.41) is 7.78. The van der Waals surface area contributed by atoms with Crippen LogP contribution in [0.15, 0.2) is 77.5 Å². The molecule has 0 bridgehead atoms. The lowest BCUT2D eigenvalue weighted by atomic mass is 9.90. The quantitative estimate of drug-likeness (QED) is 0.316. The Morgan fingerprint density at radius 2 is 1.39 bits per heavy atom. The molecular formula is C21H12BrN. The van der Waals surface area contributed by atoms with Crippen molar-refractivity contribution in [1.29, 1.82) is 0 Å². The van der Waals surface area contributed by atoms with Crippen molar-refractivity contribution in [2.24, 2.45) is 0 Å². The van der Waals surface area contributed by atoms with Crippen molar-refractivity contribution in [1.82, 2.24) is 4.98 Å². The maximum absolute atomic E-state index is 4.28. The number of benzene rings is 4. The summed E-state index contributed by atoms with van der Waals surface area (Å²) < 4.78 is 1.14. The van der Waals surface area contributed by atoms with Gasteiger partial charge in [-0.25, -0.2) is 0 Å². The zero-order chi connectivity index (χ0) is 15.4. The average molecular weight is 358 g/mol. The summed E-state index contributed by atoms with van der Waals surface area (Å²) in [5.74, 6) is 0. The fraction of sp³-hybridized carbons (Fsp3) is 0. The highest BCUT2D eigenvalue weighted by molar-refractivity contribution is 9.10. The van der Waals surface area contributed by atoms with Crippen molar-refractivity contribution in [2.45, 2.75) is 0 Å². The predicted molar refractivity (Wildman–Crippen MR) is 101 cm³/mol. The van der Waals surface area contributed by atoms with E-state index in [-0.39, 0.29) is 0 Å². The molecule has 0 aliphatic heterocycles. The monoisotopic (exact) mass is 357 g/mol. The molecule has 5 rings (SSSR count). The minimum Gasteiger partial charge on any atom is -0.264 e. The van der Waals surface area contributed by atoms with Crippen LogP contribution < -0.4 is 0 Å². The molecule has 23 heavy (non-hydrogen) atoms. The highest BCUT2D eigenvalue weighted by atomic mass is 79.9. The lowest BCUT2D eigenvalue weighted by Crippen LogP contribution is -1.88. The fourth-order valence-electron chi connectivity index (χ4n) is 3.54. The Morgan fingerprint density at radius 1 is 0.696 bits per heavy atom. The van der Waals surface area contributed by atoms with Crippen molar-refractivity contribution < 1.29 is 0 Å². The second-order valence-corrected chi connectivity index (χ2v) is 6.68. The molecule has 0 unspecified atom stereocenters. The van der Waals surface area contributed by atoms with Gasteiger partial charge in [-0.2, -0.15) is 0 Å². The van der Waals surface area contributed by atoms with Gasteiger partial charge in [0.15, 0.2) is 0 Å². The topological polar surface area (TPSA) is 12.9 Å². The van der Waals surface area contributed by atoms with E-state index in [9.17, 15) is 0 Å². The summed E-state index contributed by atoms with van der Waals surface area (Å²) in [4.78, 5) is 4.28. The number of hydrogen-bond donors (Lipinski definition) is 0. The molecule has 1 aromatic heterocycles. The van der Waals surface area contributed by atoms with Crippen LogP contribution in [0.2, 0.25) is 0 Å². The third-order valence-corrected chi connectivity index (χ3v) is 5.28. The summed E-state index contributed by atoms with van der Waals surface area (Å²) in [6.07, 6.45) is 3.75. The first-order chi connectivity index (χ1) is 11.3. The summed E-state index contributed by atoms with van der Waals surface area (Å²) in [6.45, 7) is 0. The zero-order valence-corrected chi connectivity index (χ0v) is 13.8. The number of hydrogen-bond acceptors (Lipinski definition) is 1. The molecule has 0 saturated heterocycles. The Morgan fingerprint density at radius 3 is 2.17 bits per heavy atom. The van der Waals surface area contributed by atoms with Crippen LogP contribution in [-0.2, 0) is 0 Å². The molecule has 2 heteroatoms. The Bertz CT molecular complexity index is 1160. The Labute approximate surface area is 142 Å². The standard InChI is InChI=1S/C21H12BrN/c22-19-10-6-14-4-8-17-16(15-2-1-11-23-12-15)7-3-13-5-9-18(19)21(14)20(13)17/h1-12H. The van der Waals surface area contributed by atoms with Crippen LogP contribution in [0.3, 0.4) is 0 Å². The summed E-state index contributed by atoms with van der Waals surface area (Å²) in [6, 6.07) is 21.7. The van der Waals surface area contributed by atoms with Gasteiger partial charge >= 0.3 is 0 Å². The van der Waals surface area contributed by atoms with Gasteiger partial charge in [0.05, 0.1) is 0 Å². The number of aromatic nitrogens is 1. The smallest absolute Gasteiger partial charge is 0.0346 e. The van der Waals surface area contributed by atoms with Gasteiger partial charge in [-0.1, -0.05) is 64.5 Å². The van der Waals surface area contributed by atoms with E-state index in [1.54, 1.807) is 0 Å². The van der Waals surface area contributed by atoms with Crippen molar-refractivity contribution >= 4 is 48.2 Å². The molecule has 0 radical (unpaired) electrons. The maximum atomic E-state index is 4.28. The number of rotatable bonds is 1. The average Bonchev–Trinajstić information content (AvgIpc) is 2.62. The lowest BCUT2D eigenvalue weighted by Gasteiger charge is -2.14. The van der Waals surface area contributed by atoms with Crippen LogP contribution in [0.5, 0.6) is 0 Å². The zero-order valence-electron chi connectivity index (χ0n) is 12.3. The first-order valence-corrected chi connectivity index (χ1v) is 8.39. The molecule has 0 atom stereocenters. The van der Waals surface area contributed by atoms with Crippen LogP contribution in [0, 0.1) is 0 Å². The first-order valence-electron chi connectivity index (χ1n) is 7.59. The third kappa shape index (κ3) is 1.82. The molecule has 0 fully saturated rings. The van der Waals surface area contributed by atoms with E-state index in [2.05, 4.69) is 75.5 Å². The van der Waals surface area contributed by atoms with Crippen molar-refractivity contribution in [3.63, 3.8) is 0 Å². The van der Waals surface area contributed by atoms with E-state index in [4.69, 9.17) is 0 Å². The molecule has 0 amide bonds. The van der Waals surface area contributed by atoms with Gasteiger partial charge < -0.3 is 0 Å². The molecular weight excluding hydrogens is 346 g/mol. The number of nitrogens with zero attached hydrogens (tertiary/aromatic N) is 1. The normalized spacial score (nSPS) is 11.7. The van der Waals surface area contributed by atoms with Gasteiger partial charge in [0.25, 0.3) is 0 Å². The molecule has 0 N–H and O–H groups in total. The Kier molecular flexibility index (Phi) is 2.70. The third-order valence-electron chi connectivity index (χ3n) is 4.58. The van der Waals surface area contributed by atoms with Crippen molar-refractivity contribution in [3.8, 4) is 11.1 Å². The molecule has 0 spiro atoms. The largest absolute Gasteiger partial charge is 0.264 e. The van der Waals surface area contributed by atoms with Crippen molar-refractivity contribution in [2.75, 3.05) is 0 Å². The minimum atomic E-state index is 1.14. The molecule has 4 aromatic carbocycles. The summed E-state index contributed by atoms with van der Waals surface area (Å²) in [7, 11) is 0. The van der Waals surface area contributed by atoms with Crippen molar-refractivity contribution in [3.05, 3.63) is 77.5 Å². The summed E-state index contributed by atoms with van der Waals surface area (Å²) >= 11 is 3.69. The Balaban J connectivity index is 2.03. The van der Waals surface area contributed by atoms with Crippen LogP contribution in [0.1, 0.15) is 0 Å². The van der Waals surface area contributed by atoms with E-state index in [0.29, 0.717) is 0 Å².